The van der Waals surface area contributed by atoms with Crippen LogP contribution >= 0.6 is 0 Å². The maximum atomic E-state index is 5.36. The topological polar surface area (TPSA) is 21.3 Å². The van der Waals surface area contributed by atoms with Gasteiger partial charge in [-0.3, -0.25) is 0 Å². The molecule has 78 valence electrons. The molecule has 1 fully saturated rings. The molecule has 1 aliphatic carbocycles. The highest BCUT2D eigenvalue weighted by molar-refractivity contribution is 4.75. The summed E-state index contributed by atoms with van der Waals surface area (Å²) in [6, 6.07) is 0.670. The molecule has 2 heteroatoms. The summed E-state index contributed by atoms with van der Waals surface area (Å²) in [6.45, 7) is 2.27. The van der Waals surface area contributed by atoms with Gasteiger partial charge in [0.05, 0.1) is 6.10 Å². The summed E-state index contributed by atoms with van der Waals surface area (Å²) in [7, 11) is 3.88. The first-order chi connectivity index (χ1) is 6.26. The van der Waals surface area contributed by atoms with Gasteiger partial charge in [0.15, 0.2) is 0 Å². The van der Waals surface area contributed by atoms with Crippen molar-refractivity contribution in [3.05, 3.63) is 0 Å². The molecule has 1 saturated carbocycles. The van der Waals surface area contributed by atoms with Crippen molar-refractivity contribution in [3.8, 4) is 0 Å². The third-order valence-electron chi connectivity index (χ3n) is 3.31. The van der Waals surface area contributed by atoms with Crippen molar-refractivity contribution in [2.24, 2.45) is 5.92 Å². The van der Waals surface area contributed by atoms with Crippen molar-refractivity contribution in [2.45, 2.75) is 51.2 Å². The molecule has 2 nitrogen and oxygen atoms in total. The van der Waals surface area contributed by atoms with Gasteiger partial charge in [-0.2, -0.15) is 0 Å². The second-order valence-electron chi connectivity index (χ2n) is 4.30. The van der Waals surface area contributed by atoms with E-state index < -0.39 is 0 Å². The van der Waals surface area contributed by atoms with Crippen molar-refractivity contribution in [2.75, 3.05) is 14.2 Å². The van der Waals surface area contributed by atoms with Gasteiger partial charge in [-0.15, -0.1) is 0 Å². The lowest BCUT2D eigenvalue weighted by Gasteiger charge is -2.29. The molecule has 0 aromatic heterocycles. The summed E-state index contributed by atoms with van der Waals surface area (Å²) in [5.41, 5.74) is 0. The molecule has 13 heavy (non-hydrogen) atoms. The largest absolute Gasteiger partial charge is 0.381 e. The summed E-state index contributed by atoms with van der Waals surface area (Å²) < 4.78 is 5.36. The SMILES string of the molecule is CNC(C)CC1CCC(OC)CC1. The maximum Gasteiger partial charge on any atom is 0.0571 e. The summed E-state index contributed by atoms with van der Waals surface area (Å²) in [5.74, 6) is 0.925. The highest BCUT2D eigenvalue weighted by Crippen LogP contribution is 2.28. The van der Waals surface area contributed by atoms with Gasteiger partial charge in [-0.1, -0.05) is 0 Å². The summed E-state index contributed by atoms with van der Waals surface area (Å²) in [5, 5.41) is 3.31. The van der Waals surface area contributed by atoms with E-state index in [1.54, 1.807) is 0 Å². The van der Waals surface area contributed by atoms with E-state index in [0.717, 1.165) is 5.92 Å². The minimum absolute atomic E-state index is 0.543. The van der Waals surface area contributed by atoms with Crippen LogP contribution in [0.4, 0.5) is 0 Å². The van der Waals surface area contributed by atoms with Crippen LogP contribution in [-0.4, -0.2) is 26.3 Å². The van der Waals surface area contributed by atoms with Gasteiger partial charge in [0.25, 0.3) is 0 Å². The fraction of sp³-hybridized carbons (Fsp3) is 1.00. The van der Waals surface area contributed by atoms with Crippen molar-refractivity contribution >= 4 is 0 Å². The Kier molecular flexibility index (Phi) is 4.74. The molecule has 0 amide bonds. The average molecular weight is 185 g/mol. The molecule has 1 rings (SSSR count). The van der Waals surface area contributed by atoms with Gasteiger partial charge >= 0.3 is 0 Å². The van der Waals surface area contributed by atoms with E-state index in [1.807, 2.05) is 14.2 Å². The van der Waals surface area contributed by atoms with Gasteiger partial charge in [-0.25, -0.2) is 0 Å². The van der Waals surface area contributed by atoms with E-state index in [1.165, 1.54) is 32.1 Å². The molecule has 0 aliphatic heterocycles. The lowest BCUT2D eigenvalue weighted by Crippen LogP contribution is -2.28. The third kappa shape index (κ3) is 3.65. The smallest absolute Gasteiger partial charge is 0.0571 e. The first-order valence-electron chi connectivity index (χ1n) is 5.46. The van der Waals surface area contributed by atoms with Crippen molar-refractivity contribution in [3.63, 3.8) is 0 Å². The number of methoxy groups -OCH3 is 1. The normalized spacial score (nSPS) is 31.6. The number of nitrogens with one attached hydrogen (secondary N) is 1. The first-order valence-corrected chi connectivity index (χ1v) is 5.46. The molecule has 0 radical (unpaired) electrons. The predicted octanol–water partition coefficient (Wildman–Crippen LogP) is 2.19. The molecule has 0 aromatic rings. The molecule has 0 saturated heterocycles. The van der Waals surface area contributed by atoms with Crippen LogP contribution in [0.15, 0.2) is 0 Å². The Hall–Kier alpha value is -0.0800. The monoisotopic (exact) mass is 185 g/mol. The molecular formula is C11H23NO. The predicted molar refractivity (Wildman–Crippen MR) is 55.9 cm³/mol. The number of ether oxygens (including phenoxy) is 1. The van der Waals surface area contributed by atoms with E-state index >= 15 is 0 Å². The summed E-state index contributed by atoms with van der Waals surface area (Å²) >= 11 is 0. The van der Waals surface area contributed by atoms with Gasteiger partial charge < -0.3 is 10.1 Å². The van der Waals surface area contributed by atoms with Crippen molar-refractivity contribution in [1.29, 1.82) is 0 Å². The fourth-order valence-corrected chi connectivity index (χ4v) is 2.22. The van der Waals surface area contributed by atoms with Crippen LogP contribution in [0.3, 0.4) is 0 Å². The molecule has 0 spiro atoms. The van der Waals surface area contributed by atoms with Crippen LogP contribution in [0, 0.1) is 5.92 Å². The second kappa shape index (κ2) is 5.61. The lowest BCUT2D eigenvalue weighted by molar-refractivity contribution is 0.0543. The third-order valence-corrected chi connectivity index (χ3v) is 3.31. The van der Waals surface area contributed by atoms with Crippen molar-refractivity contribution in [1.82, 2.24) is 5.32 Å². The Morgan fingerprint density at radius 3 is 2.38 bits per heavy atom. The fourth-order valence-electron chi connectivity index (χ4n) is 2.22. The molecule has 1 unspecified atom stereocenters. The number of hydrogen-bond donors (Lipinski definition) is 1. The summed E-state index contributed by atoms with van der Waals surface area (Å²) in [4.78, 5) is 0. The Labute approximate surface area is 82.0 Å². The Morgan fingerprint density at radius 2 is 1.92 bits per heavy atom. The molecule has 0 bridgehead atoms. The number of rotatable bonds is 4. The van der Waals surface area contributed by atoms with Crippen LogP contribution in [0.2, 0.25) is 0 Å². The van der Waals surface area contributed by atoms with E-state index in [-0.39, 0.29) is 0 Å². The lowest BCUT2D eigenvalue weighted by atomic mass is 9.83. The molecule has 1 aliphatic rings. The van der Waals surface area contributed by atoms with E-state index in [4.69, 9.17) is 4.74 Å². The highest BCUT2D eigenvalue weighted by atomic mass is 16.5. The van der Waals surface area contributed by atoms with Gasteiger partial charge in [0, 0.05) is 13.2 Å². The van der Waals surface area contributed by atoms with Crippen molar-refractivity contribution < 1.29 is 4.74 Å². The molecule has 1 N–H and O–H groups in total. The molecule has 0 aromatic carbocycles. The first kappa shape index (κ1) is 11.0. The Bertz CT molecular complexity index is 130. The zero-order chi connectivity index (χ0) is 9.68. The summed E-state index contributed by atoms with van der Waals surface area (Å²) in [6.07, 6.45) is 7.10. The number of hydrogen-bond acceptors (Lipinski definition) is 2. The zero-order valence-corrected chi connectivity index (χ0v) is 9.18. The maximum absolute atomic E-state index is 5.36. The van der Waals surface area contributed by atoms with E-state index in [2.05, 4.69) is 12.2 Å². The highest BCUT2D eigenvalue weighted by Gasteiger charge is 2.21. The van der Waals surface area contributed by atoms with Crippen LogP contribution in [0.5, 0.6) is 0 Å². The minimum Gasteiger partial charge on any atom is -0.381 e. The Morgan fingerprint density at radius 1 is 1.31 bits per heavy atom. The van der Waals surface area contributed by atoms with Gasteiger partial charge in [0.1, 0.15) is 0 Å². The second-order valence-corrected chi connectivity index (χ2v) is 4.30. The zero-order valence-electron chi connectivity index (χ0n) is 9.18. The minimum atomic E-state index is 0.543. The molecule has 1 atom stereocenters. The van der Waals surface area contributed by atoms with Crippen LogP contribution in [0.25, 0.3) is 0 Å². The van der Waals surface area contributed by atoms with Crippen LogP contribution in [0.1, 0.15) is 39.0 Å². The van der Waals surface area contributed by atoms with Gasteiger partial charge in [0.2, 0.25) is 0 Å². The standard InChI is InChI=1S/C11H23NO/c1-9(12-2)8-10-4-6-11(13-3)7-5-10/h9-12H,4-8H2,1-3H3. The van der Waals surface area contributed by atoms with E-state index in [0.29, 0.717) is 12.1 Å². The Balaban J connectivity index is 2.17. The molecular weight excluding hydrogens is 162 g/mol. The van der Waals surface area contributed by atoms with Crippen LogP contribution in [-0.2, 0) is 4.74 Å². The molecule has 0 heterocycles. The van der Waals surface area contributed by atoms with Crippen LogP contribution < -0.4 is 5.32 Å². The van der Waals surface area contributed by atoms with E-state index in [9.17, 15) is 0 Å². The van der Waals surface area contributed by atoms with Gasteiger partial charge in [-0.05, 0) is 52.0 Å². The quantitative estimate of drug-likeness (QED) is 0.725. The average Bonchev–Trinajstić information content (AvgIpc) is 2.19.